The molecule has 4 heterocycles. The van der Waals surface area contributed by atoms with Gasteiger partial charge >= 0.3 is 0 Å². The second kappa shape index (κ2) is 7.88. The summed E-state index contributed by atoms with van der Waals surface area (Å²) in [5.74, 6) is 0. The second-order valence-electron chi connectivity index (χ2n) is 9.14. The van der Waals surface area contributed by atoms with Crippen molar-refractivity contribution in [2.45, 2.75) is 0 Å². The van der Waals surface area contributed by atoms with Gasteiger partial charge in [-0.1, -0.05) is 90.2 Å². The Bertz CT molecular complexity index is 2080. The third-order valence-corrected chi connectivity index (χ3v) is 8.16. The third-order valence-electron chi connectivity index (χ3n) is 7.12. The number of para-hydroxylation sites is 2. The lowest BCUT2D eigenvalue weighted by Gasteiger charge is -2.10. The van der Waals surface area contributed by atoms with Crippen LogP contribution in [0.5, 0.6) is 0 Å². The fraction of sp³-hybridized carbons (Fsp3) is 0. The minimum absolute atomic E-state index is 1.02. The normalized spacial score (nSPS) is 11.8. The minimum atomic E-state index is 1.02. The molecular formula is C32H20N4S. The molecule has 0 unspecified atom stereocenters. The van der Waals surface area contributed by atoms with Crippen LogP contribution in [0.1, 0.15) is 0 Å². The quantitative estimate of drug-likeness (QED) is 0.248. The Hall–Kier alpha value is -4.74. The van der Waals surface area contributed by atoms with Gasteiger partial charge in [0, 0.05) is 45.2 Å². The van der Waals surface area contributed by atoms with Crippen LogP contribution in [0.25, 0.3) is 64.9 Å². The highest BCUT2D eigenvalue weighted by atomic mass is 32.1. The standard InChI is InChI=1S/C32H20N4S/c1-2-8-21(9-3-1)32-34-20-29(37-32)36-28-13-7-5-11-24(28)26-15-14-25-23-10-4-6-12-27(23)35(30(25)31(26)36)22-16-18-33-19-17-22/h1-20H. The molecule has 0 N–H and O–H groups in total. The summed E-state index contributed by atoms with van der Waals surface area (Å²) in [6, 6.07) is 36.4. The molecule has 0 amide bonds. The number of aromatic nitrogens is 4. The Balaban J connectivity index is 1.56. The number of rotatable bonds is 3. The van der Waals surface area contributed by atoms with E-state index in [0.717, 1.165) is 21.3 Å². The van der Waals surface area contributed by atoms with E-state index >= 15 is 0 Å². The van der Waals surface area contributed by atoms with Crippen molar-refractivity contribution in [1.82, 2.24) is 19.1 Å². The van der Waals surface area contributed by atoms with Crippen LogP contribution < -0.4 is 0 Å². The third kappa shape index (κ3) is 2.95. The Morgan fingerprint density at radius 3 is 1.84 bits per heavy atom. The molecule has 0 fully saturated rings. The second-order valence-corrected chi connectivity index (χ2v) is 10.1. The largest absolute Gasteiger partial charge is 0.307 e. The summed E-state index contributed by atoms with van der Waals surface area (Å²) in [5, 5.41) is 7.06. The summed E-state index contributed by atoms with van der Waals surface area (Å²) in [6.45, 7) is 0. The van der Waals surface area contributed by atoms with Crippen molar-refractivity contribution in [3.05, 3.63) is 122 Å². The molecule has 0 bridgehead atoms. The van der Waals surface area contributed by atoms with Gasteiger partial charge in [-0.05, 0) is 24.3 Å². The molecule has 0 aliphatic carbocycles. The lowest BCUT2D eigenvalue weighted by atomic mass is 10.1. The smallest absolute Gasteiger partial charge is 0.125 e. The molecule has 4 nitrogen and oxygen atoms in total. The average Bonchev–Trinajstić information content (AvgIpc) is 3.66. The molecule has 8 aromatic rings. The Kier molecular flexibility index (Phi) is 4.36. The van der Waals surface area contributed by atoms with E-state index in [0.29, 0.717) is 0 Å². The maximum absolute atomic E-state index is 4.84. The van der Waals surface area contributed by atoms with Gasteiger partial charge in [0.15, 0.2) is 0 Å². The van der Waals surface area contributed by atoms with Gasteiger partial charge in [0.05, 0.1) is 28.3 Å². The Morgan fingerprint density at radius 2 is 1.14 bits per heavy atom. The van der Waals surface area contributed by atoms with Crippen molar-refractivity contribution in [2.75, 3.05) is 0 Å². The zero-order chi connectivity index (χ0) is 24.3. The molecule has 0 radical (unpaired) electrons. The van der Waals surface area contributed by atoms with Gasteiger partial charge in [-0.2, -0.15) is 0 Å². The molecule has 4 aromatic heterocycles. The monoisotopic (exact) mass is 492 g/mol. The van der Waals surface area contributed by atoms with Crippen LogP contribution in [0.15, 0.2) is 122 Å². The Labute approximate surface area is 216 Å². The van der Waals surface area contributed by atoms with Crippen molar-refractivity contribution in [2.24, 2.45) is 0 Å². The predicted molar refractivity (Wildman–Crippen MR) is 154 cm³/mol. The summed E-state index contributed by atoms with van der Waals surface area (Å²) in [6.07, 6.45) is 5.74. The number of nitrogens with zero attached hydrogens (tertiary/aromatic N) is 4. The summed E-state index contributed by atoms with van der Waals surface area (Å²) >= 11 is 1.72. The highest BCUT2D eigenvalue weighted by Gasteiger charge is 2.21. The number of thiazole rings is 1. The van der Waals surface area contributed by atoms with Crippen LogP contribution in [0.2, 0.25) is 0 Å². The average molecular weight is 493 g/mol. The highest BCUT2D eigenvalue weighted by molar-refractivity contribution is 7.17. The lowest BCUT2D eigenvalue weighted by molar-refractivity contribution is 1.14. The molecule has 0 spiro atoms. The van der Waals surface area contributed by atoms with E-state index in [1.807, 2.05) is 24.7 Å². The molecule has 8 rings (SSSR count). The summed E-state index contributed by atoms with van der Waals surface area (Å²) in [5.41, 5.74) is 6.98. The molecule has 4 aromatic carbocycles. The van der Waals surface area contributed by atoms with Crippen LogP contribution in [0, 0.1) is 0 Å². The zero-order valence-electron chi connectivity index (χ0n) is 19.7. The van der Waals surface area contributed by atoms with E-state index in [4.69, 9.17) is 4.98 Å². The number of hydrogen-bond donors (Lipinski definition) is 0. The van der Waals surface area contributed by atoms with Crippen LogP contribution in [-0.4, -0.2) is 19.1 Å². The summed E-state index contributed by atoms with van der Waals surface area (Å²) < 4.78 is 4.77. The van der Waals surface area contributed by atoms with E-state index in [-0.39, 0.29) is 0 Å². The lowest BCUT2D eigenvalue weighted by Crippen LogP contribution is -1.97. The Morgan fingerprint density at radius 1 is 0.541 bits per heavy atom. The molecule has 174 valence electrons. The number of hydrogen-bond acceptors (Lipinski definition) is 3. The molecule has 0 saturated heterocycles. The zero-order valence-corrected chi connectivity index (χ0v) is 20.6. The predicted octanol–water partition coefficient (Wildman–Crippen LogP) is 8.40. The summed E-state index contributed by atoms with van der Waals surface area (Å²) in [4.78, 5) is 9.13. The van der Waals surface area contributed by atoms with E-state index in [1.165, 1.54) is 43.6 Å². The number of fused-ring (bicyclic) bond motifs is 7. The van der Waals surface area contributed by atoms with Gasteiger partial charge in [-0.25, -0.2) is 4.98 Å². The molecule has 5 heteroatoms. The molecule has 0 saturated carbocycles. The van der Waals surface area contributed by atoms with Crippen LogP contribution >= 0.6 is 11.3 Å². The first-order valence-electron chi connectivity index (χ1n) is 12.3. The van der Waals surface area contributed by atoms with Gasteiger partial charge in [0.2, 0.25) is 0 Å². The first-order chi connectivity index (χ1) is 18.4. The van der Waals surface area contributed by atoms with Gasteiger partial charge in [0.1, 0.15) is 10.0 Å². The van der Waals surface area contributed by atoms with Crippen LogP contribution in [0.3, 0.4) is 0 Å². The van der Waals surface area contributed by atoms with Crippen molar-refractivity contribution in [3.8, 4) is 21.3 Å². The van der Waals surface area contributed by atoms with Gasteiger partial charge in [-0.3, -0.25) is 9.55 Å². The maximum atomic E-state index is 4.84. The van der Waals surface area contributed by atoms with Gasteiger partial charge in [-0.15, -0.1) is 0 Å². The number of benzene rings is 4. The maximum Gasteiger partial charge on any atom is 0.125 e. The fourth-order valence-corrected chi connectivity index (χ4v) is 6.52. The minimum Gasteiger partial charge on any atom is -0.307 e. The van der Waals surface area contributed by atoms with Gasteiger partial charge in [0.25, 0.3) is 0 Å². The van der Waals surface area contributed by atoms with Gasteiger partial charge < -0.3 is 4.57 Å². The van der Waals surface area contributed by atoms with E-state index in [9.17, 15) is 0 Å². The first-order valence-corrected chi connectivity index (χ1v) is 13.1. The van der Waals surface area contributed by atoms with Crippen LogP contribution in [0.4, 0.5) is 0 Å². The number of pyridine rings is 1. The van der Waals surface area contributed by atoms with Crippen LogP contribution in [-0.2, 0) is 0 Å². The van der Waals surface area contributed by atoms with Crippen molar-refractivity contribution < 1.29 is 0 Å². The highest BCUT2D eigenvalue weighted by Crippen LogP contribution is 2.42. The van der Waals surface area contributed by atoms with E-state index in [1.54, 1.807) is 11.3 Å². The first kappa shape index (κ1) is 20.5. The van der Waals surface area contributed by atoms with E-state index < -0.39 is 0 Å². The molecule has 0 atom stereocenters. The summed E-state index contributed by atoms with van der Waals surface area (Å²) in [7, 11) is 0. The van der Waals surface area contributed by atoms with Crippen molar-refractivity contribution in [3.63, 3.8) is 0 Å². The fourth-order valence-electron chi connectivity index (χ4n) is 5.57. The SMILES string of the molecule is c1ccc(-c2ncc(-n3c4ccccc4c4ccc5c6ccccc6n(-c6ccncc6)c5c43)s2)cc1. The molecule has 37 heavy (non-hydrogen) atoms. The molecule has 0 aliphatic heterocycles. The van der Waals surface area contributed by atoms with E-state index in [2.05, 4.69) is 111 Å². The van der Waals surface area contributed by atoms with Crippen molar-refractivity contribution in [1.29, 1.82) is 0 Å². The topological polar surface area (TPSA) is 35.6 Å². The molecular weight excluding hydrogens is 472 g/mol. The molecule has 0 aliphatic rings. The van der Waals surface area contributed by atoms with Crippen molar-refractivity contribution >= 4 is 54.9 Å².